The quantitative estimate of drug-likeness (QED) is 0.747. The standard InChI is InChI=1S/C15H19NO2/c1-2-18-14(17)15-7-9-16(10-8-15)11-12-5-3-4-6-13(12)15/h3-6H,2,7-11H2,1H3. The monoisotopic (exact) mass is 245 g/mol. The first kappa shape index (κ1) is 11.7. The first-order chi connectivity index (χ1) is 8.76. The number of benzene rings is 1. The van der Waals surface area contributed by atoms with Gasteiger partial charge in [0.05, 0.1) is 12.0 Å². The molecule has 0 aliphatic carbocycles. The lowest BCUT2D eigenvalue weighted by molar-refractivity contribution is -0.152. The second kappa shape index (κ2) is 4.39. The molecule has 1 fully saturated rings. The average molecular weight is 245 g/mol. The maximum Gasteiger partial charge on any atom is 0.316 e. The second-order valence-electron chi connectivity index (χ2n) is 5.24. The van der Waals surface area contributed by atoms with Gasteiger partial charge in [0.15, 0.2) is 0 Å². The molecule has 3 aliphatic rings. The zero-order valence-corrected chi connectivity index (χ0v) is 10.8. The number of ether oxygens (including phenoxy) is 1. The van der Waals surface area contributed by atoms with Crippen molar-refractivity contribution in [2.45, 2.75) is 31.7 Å². The molecule has 4 rings (SSSR count). The highest BCUT2D eigenvalue weighted by molar-refractivity contribution is 5.84. The molecule has 3 aliphatic heterocycles. The van der Waals surface area contributed by atoms with Crippen LogP contribution in [0.2, 0.25) is 0 Å². The molecule has 0 radical (unpaired) electrons. The van der Waals surface area contributed by atoms with E-state index in [1.54, 1.807) is 0 Å². The number of nitrogens with zero attached hydrogens (tertiary/aromatic N) is 1. The Labute approximate surface area is 108 Å². The summed E-state index contributed by atoms with van der Waals surface area (Å²) in [7, 11) is 0. The molecule has 0 unspecified atom stereocenters. The molecule has 0 spiro atoms. The van der Waals surface area contributed by atoms with E-state index in [4.69, 9.17) is 4.74 Å². The first-order valence-electron chi connectivity index (χ1n) is 6.74. The third-order valence-corrected chi connectivity index (χ3v) is 4.30. The first-order valence-corrected chi connectivity index (χ1v) is 6.74. The summed E-state index contributed by atoms with van der Waals surface area (Å²) in [6.07, 6.45) is 1.78. The topological polar surface area (TPSA) is 29.5 Å². The number of hydrogen-bond acceptors (Lipinski definition) is 3. The largest absolute Gasteiger partial charge is 0.465 e. The van der Waals surface area contributed by atoms with E-state index in [1.807, 2.05) is 13.0 Å². The van der Waals surface area contributed by atoms with Crippen LogP contribution in [0.15, 0.2) is 24.3 Å². The normalized spacial score (nSPS) is 29.5. The van der Waals surface area contributed by atoms with Crippen molar-refractivity contribution in [1.29, 1.82) is 0 Å². The Bertz CT molecular complexity index is 461. The van der Waals surface area contributed by atoms with Gasteiger partial charge in [-0.05, 0) is 44.0 Å². The van der Waals surface area contributed by atoms with E-state index in [0.29, 0.717) is 6.61 Å². The van der Waals surface area contributed by atoms with E-state index in [0.717, 1.165) is 32.5 Å². The molecular formula is C15H19NO2. The van der Waals surface area contributed by atoms with Crippen LogP contribution in [-0.2, 0) is 21.5 Å². The Morgan fingerprint density at radius 3 is 2.78 bits per heavy atom. The molecule has 1 aromatic carbocycles. The third-order valence-electron chi connectivity index (χ3n) is 4.30. The summed E-state index contributed by atoms with van der Waals surface area (Å²) in [4.78, 5) is 14.9. The summed E-state index contributed by atoms with van der Waals surface area (Å²) in [6.45, 7) is 5.30. The van der Waals surface area contributed by atoms with Crippen molar-refractivity contribution in [3.8, 4) is 0 Å². The van der Waals surface area contributed by atoms with Crippen LogP contribution in [0.3, 0.4) is 0 Å². The summed E-state index contributed by atoms with van der Waals surface area (Å²) in [6, 6.07) is 8.35. The van der Waals surface area contributed by atoms with Gasteiger partial charge in [-0.15, -0.1) is 0 Å². The molecule has 0 amide bonds. The predicted molar refractivity (Wildman–Crippen MR) is 69.3 cm³/mol. The van der Waals surface area contributed by atoms with Gasteiger partial charge < -0.3 is 4.74 Å². The molecule has 2 bridgehead atoms. The van der Waals surface area contributed by atoms with Crippen molar-refractivity contribution >= 4 is 5.97 Å². The fourth-order valence-corrected chi connectivity index (χ4v) is 3.31. The van der Waals surface area contributed by atoms with E-state index in [1.165, 1.54) is 11.1 Å². The highest BCUT2D eigenvalue weighted by atomic mass is 16.5. The molecule has 18 heavy (non-hydrogen) atoms. The van der Waals surface area contributed by atoms with Crippen LogP contribution >= 0.6 is 0 Å². The molecule has 3 heterocycles. The maximum absolute atomic E-state index is 12.5. The van der Waals surface area contributed by atoms with Crippen LogP contribution in [0.5, 0.6) is 0 Å². The number of hydrogen-bond donors (Lipinski definition) is 0. The number of carbonyl (C=O) groups is 1. The number of carbonyl (C=O) groups excluding carboxylic acids is 1. The number of rotatable bonds is 2. The number of fused-ring (bicyclic) bond motifs is 2. The molecule has 0 atom stereocenters. The zero-order chi connectivity index (χ0) is 12.6. The maximum atomic E-state index is 12.5. The van der Waals surface area contributed by atoms with Gasteiger partial charge >= 0.3 is 5.97 Å². The fourth-order valence-electron chi connectivity index (χ4n) is 3.31. The van der Waals surface area contributed by atoms with Crippen LogP contribution in [0.25, 0.3) is 0 Å². The van der Waals surface area contributed by atoms with Gasteiger partial charge in [0.2, 0.25) is 0 Å². The second-order valence-corrected chi connectivity index (χ2v) is 5.24. The van der Waals surface area contributed by atoms with E-state index < -0.39 is 0 Å². The molecule has 1 aromatic rings. The lowest BCUT2D eigenvalue weighted by Gasteiger charge is -2.36. The van der Waals surface area contributed by atoms with E-state index in [9.17, 15) is 4.79 Å². The molecule has 0 saturated carbocycles. The zero-order valence-electron chi connectivity index (χ0n) is 10.8. The van der Waals surface area contributed by atoms with Gasteiger partial charge in [0.1, 0.15) is 0 Å². The van der Waals surface area contributed by atoms with Crippen LogP contribution < -0.4 is 0 Å². The average Bonchev–Trinajstić information content (AvgIpc) is 2.66. The highest BCUT2D eigenvalue weighted by Crippen LogP contribution is 2.42. The van der Waals surface area contributed by atoms with Crippen LogP contribution in [0.4, 0.5) is 0 Å². The summed E-state index contributed by atoms with van der Waals surface area (Å²) >= 11 is 0. The van der Waals surface area contributed by atoms with Gasteiger partial charge in [-0.1, -0.05) is 24.3 Å². The fraction of sp³-hybridized carbons (Fsp3) is 0.533. The SMILES string of the molecule is CCOC(=O)C12CCN(CC1)Cc1ccccc12. The summed E-state index contributed by atoms with van der Waals surface area (Å²) < 4.78 is 5.36. The Balaban J connectivity index is 2.09. The minimum absolute atomic E-state index is 0.0287. The Kier molecular flexibility index (Phi) is 2.86. The molecular weight excluding hydrogens is 226 g/mol. The Morgan fingerprint density at radius 2 is 2.06 bits per heavy atom. The van der Waals surface area contributed by atoms with Crippen molar-refractivity contribution in [3.05, 3.63) is 35.4 Å². The van der Waals surface area contributed by atoms with Gasteiger partial charge in [-0.3, -0.25) is 9.69 Å². The molecule has 96 valence electrons. The van der Waals surface area contributed by atoms with Crippen molar-refractivity contribution in [3.63, 3.8) is 0 Å². The van der Waals surface area contributed by atoms with E-state index >= 15 is 0 Å². The lowest BCUT2D eigenvalue weighted by Crippen LogP contribution is -2.45. The van der Waals surface area contributed by atoms with Gasteiger partial charge in [-0.2, -0.15) is 0 Å². The van der Waals surface area contributed by atoms with Gasteiger partial charge in [0.25, 0.3) is 0 Å². The van der Waals surface area contributed by atoms with E-state index in [2.05, 4.69) is 23.1 Å². The summed E-state index contributed by atoms with van der Waals surface area (Å²) in [5.41, 5.74) is 2.10. The minimum atomic E-state index is -0.389. The van der Waals surface area contributed by atoms with Gasteiger partial charge in [0, 0.05) is 6.54 Å². The number of esters is 1. The van der Waals surface area contributed by atoms with Crippen LogP contribution in [-0.4, -0.2) is 30.6 Å². The summed E-state index contributed by atoms with van der Waals surface area (Å²) in [5, 5.41) is 0. The molecule has 3 nitrogen and oxygen atoms in total. The van der Waals surface area contributed by atoms with Crippen LogP contribution in [0, 0.1) is 0 Å². The molecule has 3 heteroatoms. The van der Waals surface area contributed by atoms with Crippen molar-refractivity contribution in [2.75, 3.05) is 19.7 Å². The van der Waals surface area contributed by atoms with Crippen molar-refractivity contribution in [2.24, 2.45) is 0 Å². The Morgan fingerprint density at radius 1 is 1.33 bits per heavy atom. The number of piperidine rings is 1. The smallest absolute Gasteiger partial charge is 0.316 e. The summed E-state index contributed by atoms with van der Waals surface area (Å²) in [5.74, 6) is -0.0287. The lowest BCUT2D eigenvalue weighted by atomic mass is 9.73. The predicted octanol–water partition coefficient (Wildman–Crippen LogP) is 2.10. The molecule has 1 saturated heterocycles. The third kappa shape index (κ3) is 1.65. The Hall–Kier alpha value is -1.35. The molecule has 0 aromatic heterocycles. The van der Waals surface area contributed by atoms with Crippen molar-refractivity contribution in [1.82, 2.24) is 4.90 Å². The van der Waals surface area contributed by atoms with E-state index in [-0.39, 0.29) is 11.4 Å². The highest BCUT2D eigenvalue weighted by Gasteiger charge is 2.47. The molecule has 0 N–H and O–H groups in total. The minimum Gasteiger partial charge on any atom is -0.465 e. The van der Waals surface area contributed by atoms with Crippen LogP contribution in [0.1, 0.15) is 30.9 Å². The van der Waals surface area contributed by atoms with Crippen molar-refractivity contribution < 1.29 is 9.53 Å². The van der Waals surface area contributed by atoms with Gasteiger partial charge in [-0.25, -0.2) is 0 Å².